The summed E-state index contributed by atoms with van der Waals surface area (Å²) < 4.78 is 11.2. The number of carbonyl (C=O) groups is 1. The lowest BCUT2D eigenvalue weighted by Crippen LogP contribution is -2.31. The Kier molecular flexibility index (Phi) is 3.67. The van der Waals surface area contributed by atoms with Gasteiger partial charge in [-0.25, -0.2) is 4.79 Å². The van der Waals surface area contributed by atoms with Gasteiger partial charge in [0.2, 0.25) is 5.91 Å². The average molecular weight is 339 g/mol. The molecule has 0 saturated carbocycles. The van der Waals surface area contributed by atoms with Crippen molar-refractivity contribution in [3.8, 4) is 0 Å². The summed E-state index contributed by atoms with van der Waals surface area (Å²) in [4.78, 5) is 26.7. The molecule has 0 atom stereocenters. The van der Waals surface area contributed by atoms with E-state index in [1.165, 1.54) is 0 Å². The van der Waals surface area contributed by atoms with Crippen LogP contribution in [0.15, 0.2) is 25.8 Å². The van der Waals surface area contributed by atoms with Gasteiger partial charge in [-0.05, 0) is 50.8 Å². The monoisotopic (exact) mass is 339 g/mol. The fourth-order valence-corrected chi connectivity index (χ4v) is 3.66. The molecule has 1 aromatic carbocycles. The number of likely N-dealkylation sites (tertiary alicyclic amines) is 1. The van der Waals surface area contributed by atoms with E-state index in [0.717, 1.165) is 53.6 Å². The Labute approximate surface area is 145 Å². The van der Waals surface area contributed by atoms with Gasteiger partial charge in [-0.3, -0.25) is 4.79 Å². The average Bonchev–Trinajstić information content (AvgIpc) is 3.20. The van der Waals surface area contributed by atoms with E-state index >= 15 is 0 Å². The molecule has 2 aromatic heterocycles. The van der Waals surface area contributed by atoms with Crippen LogP contribution < -0.4 is 5.63 Å². The van der Waals surface area contributed by atoms with Crippen molar-refractivity contribution < 1.29 is 13.6 Å². The van der Waals surface area contributed by atoms with Crippen molar-refractivity contribution in [1.82, 2.24) is 4.90 Å². The molecule has 1 amide bonds. The molecule has 0 bridgehead atoms. The second kappa shape index (κ2) is 5.76. The number of benzene rings is 1. The quantitative estimate of drug-likeness (QED) is 0.669. The first-order valence-corrected chi connectivity index (χ1v) is 8.69. The second-order valence-electron chi connectivity index (χ2n) is 6.89. The van der Waals surface area contributed by atoms with Gasteiger partial charge < -0.3 is 13.7 Å². The van der Waals surface area contributed by atoms with Crippen LogP contribution in [0.2, 0.25) is 0 Å². The van der Waals surface area contributed by atoms with Crippen LogP contribution in [0.3, 0.4) is 0 Å². The molecule has 0 unspecified atom stereocenters. The lowest BCUT2D eigenvalue weighted by Gasteiger charge is -2.15. The Balaban J connectivity index is 1.84. The molecule has 3 aromatic rings. The minimum atomic E-state index is -0.433. The van der Waals surface area contributed by atoms with Crippen LogP contribution in [0.5, 0.6) is 0 Å². The number of rotatable bonds is 2. The Hall–Kier alpha value is -2.56. The van der Waals surface area contributed by atoms with Crippen molar-refractivity contribution in [3.05, 3.63) is 45.0 Å². The zero-order valence-corrected chi connectivity index (χ0v) is 14.8. The molecule has 0 spiro atoms. The number of carbonyl (C=O) groups excluding carboxylic acids is 1. The van der Waals surface area contributed by atoms with Crippen molar-refractivity contribution in [2.24, 2.45) is 0 Å². The Morgan fingerprint density at radius 2 is 1.64 bits per heavy atom. The number of furan rings is 1. The normalized spacial score (nSPS) is 14.8. The first-order valence-electron chi connectivity index (χ1n) is 8.69. The van der Waals surface area contributed by atoms with Gasteiger partial charge in [-0.2, -0.15) is 0 Å². The van der Waals surface area contributed by atoms with Gasteiger partial charge in [0.25, 0.3) is 0 Å². The molecule has 0 aliphatic carbocycles. The Morgan fingerprint density at radius 3 is 2.36 bits per heavy atom. The summed E-state index contributed by atoms with van der Waals surface area (Å²) >= 11 is 0. The van der Waals surface area contributed by atoms with E-state index in [0.29, 0.717) is 16.7 Å². The third-order valence-corrected chi connectivity index (χ3v) is 5.37. The standard InChI is InChI=1S/C20H21NO4/c1-11-13(3)24-17-10-18-15(8-14(11)17)12(2)16(20(23)25-18)9-19(22)21-6-4-5-7-21/h8,10H,4-7,9H2,1-3H3. The van der Waals surface area contributed by atoms with Crippen LogP contribution in [0.1, 0.15) is 35.3 Å². The van der Waals surface area contributed by atoms with Crippen LogP contribution in [0.25, 0.3) is 21.9 Å². The van der Waals surface area contributed by atoms with Crippen LogP contribution in [-0.2, 0) is 11.2 Å². The van der Waals surface area contributed by atoms with Gasteiger partial charge in [-0.15, -0.1) is 0 Å². The summed E-state index contributed by atoms with van der Waals surface area (Å²) in [5.41, 5.74) is 3.14. The lowest BCUT2D eigenvalue weighted by molar-refractivity contribution is -0.129. The van der Waals surface area contributed by atoms with E-state index < -0.39 is 5.63 Å². The number of hydrogen-bond acceptors (Lipinski definition) is 4. The van der Waals surface area contributed by atoms with Crippen molar-refractivity contribution >= 4 is 27.8 Å². The smallest absolute Gasteiger partial charge is 0.340 e. The third kappa shape index (κ3) is 2.54. The highest BCUT2D eigenvalue weighted by Gasteiger charge is 2.22. The topological polar surface area (TPSA) is 63.7 Å². The third-order valence-electron chi connectivity index (χ3n) is 5.37. The van der Waals surface area contributed by atoms with Crippen LogP contribution in [0.4, 0.5) is 0 Å². The van der Waals surface area contributed by atoms with E-state index in [1.54, 1.807) is 6.07 Å². The largest absolute Gasteiger partial charge is 0.461 e. The van der Waals surface area contributed by atoms with E-state index in [1.807, 2.05) is 31.7 Å². The van der Waals surface area contributed by atoms with Crippen molar-refractivity contribution in [2.45, 2.75) is 40.0 Å². The molecule has 1 aliphatic rings. The van der Waals surface area contributed by atoms with Gasteiger partial charge in [0, 0.05) is 29.9 Å². The highest BCUT2D eigenvalue weighted by Crippen LogP contribution is 2.31. The fourth-order valence-electron chi connectivity index (χ4n) is 3.66. The maximum Gasteiger partial charge on any atom is 0.340 e. The molecular formula is C20H21NO4. The van der Waals surface area contributed by atoms with E-state index in [2.05, 4.69) is 0 Å². The summed E-state index contributed by atoms with van der Waals surface area (Å²) in [5.74, 6) is 0.860. The number of aryl methyl sites for hydroxylation is 3. The van der Waals surface area contributed by atoms with Gasteiger partial charge >= 0.3 is 5.63 Å². The number of fused-ring (bicyclic) bond motifs is 2. The Bertz CT molecular complexity index is 1050. The molecule has 3 heterocycles. The van der Waals surface area contributed by atoms with Gasteiger partial charge in [0.15, 0.2) is 0 Å². The highest BCUT2D eigenvalue weighted by atomic mass is 16.4. The summed E-state index contributed by atoms with van der Waals surface area (Å²) in [7, 11) is 0. The summed E-state index contributed by atoms with van der Waals surface area (Å²) in [6.07, 6.45) is 2.17. The minimum absolute atomic E-state index is 0.00339. The molecule has 0 radical (unpaired) electrons. The predicted octanol–water partition coefficient (Wildman–Crippen LogP) is 3.63. The van der Waals surface area contributed by atoms with Crippen LogP contribution in [0, 0.1) is 20.8 Å². The zero-order valence-electron chi connectivity index (χ0n) is 14.8. The van der Waals surface area contributed by atoms with E-state index in [9.17, 15) is 9.59 Å². The second-order valence-corrected chi connectivity index (χ2v) is 6.89. The number of amides is 1. The fraction of sp³-hybridized carbons (Fsp3) is 0.400. The van der Waals surface area contributed by atoms with Crippen molar-refractivity contribution in [1.29, 1.82) is 0 Å². The predicted molar refractivity (Wildman–Crippen MR) is 96.0 cm³/mol. The zero-order chi connectivity index (χ0) is 17.7. The van der Waals surface area contributed by atoms with Crippen LogP contribution in [-0.4, -0.2) is 23.9 Å². The first-order chi connectivity index (χ1) is 12.0. The molecule has 25 heavy (non-hydrogen) atoms. The highest BCUT2D eigenvalue weighted by molar-refractivity contribution is 5.97. The summed E-state index contributed by atoms with van der Waals surface area (Å²) in [6, 6.07) is 3.77. The maximum atomic E-state index is 12.5. The van der Waals surface area contributed by atoms with Gasteiger partial charge in [0.1, 0.15) is 16.9 Å². The Morgan fingerprint density at radius 1 is 1.00 bits per heavy atom. The number of nitrogens with zero attached hydrogens (tertiary/aromatic N) is 1. The molecule has 0 N–H and O–H groups in total. The molecule has 4 rings (SSSR count). The van der Waals surface area contributed by atoms with Crippen LogP contribution >= 0.6 is 0 Å². The molecule has 1 aliphatic heterocycles. The summed E-state index contributed by atoms with van der Waals surface area (Å²) in [5, 5.41) is 1.87. The maximum absolute atomic E-state index is 12.5. The molecule has 1 saturated heterocycles. The van der Waals surface area contributed by atoms with Gasteiger partial charge in [0.05, 0.1) is 12.0 Å². The SMILES string of the molecule is Cc1oc2cc3oc(=O)c(CC(=O)N4CCCC4)c(C)c3cc2c1C. The lowest BCUT2D eigenvalue weighted by atomic mass is 10.0. The molecule has 5 heteroatoms. The summed E-state index contributed by atoms with van der Waals surface area (Å²) in [6.45, 7) is 7.39. The first kappa shape index (κ1) is 15.9. The van der Waals surface area contributed by atoms with Gasteiger partial charge in [-0.1, -0.05) is 0 Å². The van der Waals surface area contributed by atoms with Crippen molar-refractivity contribution in [2.75, 3.05) is 13.1 Å². The molecule has 130 valence electrons. The minimum Gasteiger partial charge on any atom is -0.461 e. The number of hydrogen-bond donors (Lipinski definition) is 0. The van der Waals surface area contributed by atoms with E-state index in [4.69, 9.17) is 8.83 Å². The van der Waals surface area contributed by atoms with Crippen molar-refractivity contribution in [3.63, 3.8) is 0 Å². The van der Waals surface area contributed by atoms with E-state index in [-0.39, 0.29) is 12.3 Å². The molecule has 1 fully saturated rings. The molecule has 5 nitrogen and oxygen atoms in total. The molecular weight excluding hydrogens is 318 g/mol.